The van der Waals surface area contributed by atoms with Crippen molar-refractivity contribution in [1.29, 1.82) is 5.26 Å². The highest BCUT2D eigenvalue weighted by atomic mass is 35.5. The zero-order valence-corrected chi connectivity index (χ0v) is 18.1. The molecule has 154 valence electrons. The van der Waals surface area contributed by atoms with Crippen LogP contribution in [0.25, 0.3) is 0 Å². The van der Waals surface area contributed by atoms with Crippen LogP contribution in [0.2, 0.25) is 10.0 Å². The van der Waals surface area contributed by atoms with Gasteiger partial charge in [-0.3, -0.25) is 9.69 Å². The molecule has 0 aromatic heterocycles. The second kappa shape index (κ2) is 7.59. The number of hydrogen-bond acceptors (Lipinski definition) is 4. The summed E-state index contributed by atoms with van der Waals surface area (Å²) in [4.78, 5) is 32.0. The highest BCUT2D eigenvalue weighted by Crippen LogP contribution is 2.46. The van der Waals surface area contributed by atoms with E-state index in [1.165, 1.54) is 4.90 Å². The Kier molecular flexibility index (Phi) is 5.23. The highest BCUT2D eigenvalue weighted by molar-refractivity contribution is 6.35. The fourth-order valence-corrected chi connectivity index (χ4v) is 5.05. The van der Waals surface area contributed by atoms with Crippen molar-refractivity contribution in [1.82, 2.24) is 9.80 Å². The lowest BCUT2D eigenvalue weighted by molar-refractivity contribution is -0.124. The predicted octanol–water partition coefficient (Wildman–Crippen LogP) is 4.12. The van der Waals surface area contributed by atoms with E-state index in [0.29, 0.717) is 34.4 Å². The quantitative estimate of drug-likeness (QED) is 0.670. The van der Waals surface area contributed by atoms with Crippen LogP contribution < -0.4 is 4.90 Å². The number of hydrogen-bond donors (Lipinski definition) is 0. The number of carbonyl (C=O) groups is 2. The van der Waals surface area contributed by atoms with E-state index >= 15 is 0 Å². The van der Waals surface area contributed by atoms with Gasteiger partial charge in [-0.2, -0.15) is 5.26 Å². The molecule has 0 saturated carbocycles. The molecule has 2 saturated heterocycles. The number of carbonyl (C=O) groups excluding carboxylic acids is 2. The van der Waals surface area contributed by atoms with Crippen LogP contribution in [0.4, 0.5) is 10.5 Å². The average molecular weight is 443 g/mol. The van der Waals surface area contributed by atoms with Crippen LogP contribution in [0, 0.1) is 11.3 Å². The number of imide groups is 1. The number of nitrogens with zero attached hydrogens (tertiary/aromatic N) is 4. The summed E-state index contributed by atoms with van der Waals surface area (Å²) in [7, 11) is 1.67. The first kappa shape index (κ1) is 20.7. The predicted molar refractivity (Wildman–Crippen MR) is 116 cm³/mol. The highest BCUT2D eigenvalue weighted by Gasteiger charge is 2.64. The Morgan fingerprint density at radius 1 is 1.13 bits per heavy atom. The summed E-state index contributed by atoms with van der Waals surface area (Å²) in [5.41, 5.74) is 0.787. The topological polar surface area (TPSA) is 67.6 Å². The van der Waals surface area contributed by atoms with E-state index < -0.39 is 11.6 Å². The normalized spacial score (nSPS) is 24.2. The average Bonchev–Trinajstić information content (AvgIpc) is 3.20. The molecule has 0 bridgehead atoms. The maximum atomic E-state index is 13.8. The maximum absolute atomic E-state index is 13.8. The molecule has 8 heteroatoms. The number of amides is 3. The van der Waals surface area contributed by atoms with Crippen LogP contribution in [0.5, 0.6) is 0 Å². The van der Waals surface area contributed by atoms with E-state index in [0.717, 1.165) is 12.1 Å². The van der Waals surface area contributed by atoms with Crippen LogP contribution in [0.15, 0.2) is 42.5 Å². The lowest BCUT2D eigenvalue weighted by Crippen LogP contribution is -2.53. The molecule has 2 atom stereocenters. The number of nitriles is 1. The minimum Gasteiger partial charge on any atom is -0.310 e. The zero-order chi connectivity index (χ0) is 21.6. The van der Waals surface area contributed by atoms with E-state index in [1.807, 2.05) is 19.1 Å². The Labute approximate surface area is 185 Å². The largest absolute Gasteiger partial charge is 0.332 e. The molecule has 2 aliphatic rings. The van der Waals surface area contributed by atoms with Gasteiger partial charge in [0.15, 0.2) is 0 Å². The lowest BCUT2D eigenvalue weighted by Gasteiger charge is -2.34. The number of benzene rings is 2. The van der Waals surface area contributed by atoms with E-state index in [4.69, 9.17) is 28.5 Å². The van der Waals surface area contributed by atoms with Crippen molar-refractivity contribution in [2.24, 2.45) is 0 Å². The van der Waals surface area contributed by atoms with Gasteiger partial charge in [0.25, 0.3) is 5.91 Å². The Morgan fingerprint density at radius 2 is 1.77 bits per heavy atom. The standard InChI is InChI=1S/C22H20Cl2N4O2/c1-3-27-12-19(15-6-4-14(11-25)5-7-15)22(13-27)20(29)28(21(30)26(22)2)18-9-16(23)8-17(24)10-18/h4-10,19H,3,12-13H2,1-2H3/t19-,22+/m0/s1. The summed E-state index contributed by atoms with van der Waals surface area (Å²) in [6.07, 6.45) is 0. The van der Waals surface area contributed by atoms with E-state index in [1.54, 1.807) is 42.3 Å². The van der Waals surface area contributed by atoms with Crippen LogP contribution >= 0.6 is 23.2 Å². The minimum atomic E-state index is -1.05. The Balaban J connectivity index is 1.82. The number of rotatable bonds is 3. The van der Waals surface area contributed by atoms with Crippen molar-refractivity contribution in [3.05, 3.63) is 63.6 Å². The molecular weight excluding hydrogens is 423 g/mol. The minimum absolute atomic E-state index is 0.230. The first-order chi connectivity index (χ1) is 14.3. The van der Waals surface area contributed by atoms with Gasteiger partial charge in [0.2, 0.25) is 0 Å². The first-order valence-corrected chi connectivity index (χ1v) is 10.4. The van der Waals surface area contributed by atoms with Gasteiger partial charge in [-0.1, -0.05) is 42.3 Å². The molecule has 2 aromatic rings. The van der Waals surface area contributed by atoms with Gasteiger partial charge in [0.05, 0.1) is 17.3 Å². The van der Waals surface area contributed by atoms with Crippen molar-refractivity contribution in [3.63, 3.8) is 0 Å². The van der Waals surface area contributed by atoms with Gasteiger partial charge in [-0.25, -0.2) is 9.69 Å². The third-order valence-corrected chi connectivity index (χ3v) is 6.56. The summed E-state index contributed by atoms with van der Waals surface area (Å²) < 4.78 is 0. The Bertz CT molecular complexity index is 1050. The fraction of sp³-hybridized carbons (Fsp3) is 0.318. The molecule has 3 amide bonds. The molecule has 2 aromatic carbocycles. The van der Waals surface area contributed by atoms with Gasteiger partial charge in [-0.15, -0.1) is 0 Å². The van der Waals surface area contributed by atoms with Crippen LogP contribution in [-0.4, -0.2) is 54.0 Å². The van der Waals surface area contributed by atoms with Crippen molar-refractivity contribution in [3.8, 4) is 6.07 Å². The molecule has 4 rings (SSSR count). The number of likely N-dealkylation sites (N-methyl/N-ethyl adjacent to an activating group) is 2. The third-order valence-electron chi connectivity index (χ3n) is 6.13. The Morgan fingerprint density at radius 3 is 2.33 bits per heavy atom. The van der Waals surface area contributed by atoms with Crippen molar-refractivity contribution < 1.29 is 9.59 Å². The molecule has 0 N–H and O–H groups in total. The van der Waals surface area contributed by atoms with Gasteiger partial charge in [-0.05, 0) is 42.4 Å². The van der Waals surface area contributed by atoms with Crippen molar-refractivity contribution >= 4 is 40.8 Å². The molecule has 0 radical (unpaired) electrons. The number of halogens is 2. The first-order valence-electron chi connectivity index (χ1n) is 9.62. The van der Waals surface area contributed by atoms with Gasteiger partial charge < -0.3 is 4.90 Å². The zero-order valence-electron chi connectivity index (χ0n) is 16.6. The Hall–Kier alpha value is -2.59. The number of anilines is 1. The van der Waals surface area contributed by atoms with Crippen LogP contribution in [0.3, 0.4) is 0 Å². The molecular formula is C22H20Cl2N4O2. The summed E-state index contributed by atoms with van der Waals surface area (Å²) in [5, 5.41) is 9.82. The monoisotopic (exact) mass is 442 g/mol. The van der Waals surface area contributed by atoms with Gasteiger partial charge >= 0.3 is 6.03 Å². The molecule has 2 fully saturated rings. The third kappa shape index (κ3) is 3.05. The molecule has 6 nitrogen and oxygen atoms in total. The molecule has 1 spiro atoms. The summed E-state index contributed by atoms with van der Waals surface area (Å²) in [6.45, 7) is 3.85. The molecule has 2 heterocycles. The van der Waals surface area contributed by atoms with Crippen molar-refractivity contribution in [2.75, 3.05) is 31.6 Å². The van der Waals surface area contributed by atoms with Crippen LogP contribution in [0.1, 0.15) is 24.0 Å². The second-order valence-corrected chi connectivity index (χ2v) is 8.52. The van der Waals surface area contributed by atoms with Gasteiger partial charge in [0, 0.05) is 36.1 Å². The van der Waals surface area contributed by atoms with Crippen molar-refractivity contribution in [2.45, 2.75) is 18.4 Å². The lowest BCUT2D eigenvalue weighted by atomic mass is 9.80. The van der Waals surface area contributed by atoms with Crippen LogP contribution in [-0.2, 0) is 4.79 Å². The van der Waals surface area contributed by atoms with Gasteiger partial charge in [0.1, 0.15) is 5.54 Å². The SMILES string of the molecule is CCN1C[C@@H](c2ccc(C#N)cc2)[C@]2(C1)C(=O)N(c1cc(Cl)cc(Cl)c1)C(=O)N2C. The maximum Gasteiger partial charge on any atom is 0.332 e. The number of likely N-dealkylation sites (tertiary alicyclic amines) is 1. The summed E-state index contributed by atoms with van der Waals surface area (Å²) >= 11 is 12.3. The second-order valence-electron chi connectivity index (χ2n) is 7.65. The summed E-state index contributed by atoms with van der Waals surface area (Å²) in [6, 6.07) is 13.6. The number of urea groups is 1. The summed E-state index contributed by atoms with van der Waals surface area (Å²) in [5.74, 6) is -0.523. The molecule has 2 aliphatic heterocycles. The fourth-order valence-electron chi connectivity index (χ4n) is 4.53. The van der Waals surface area contributed by atoms with E-state index in [-0.39, 0.29) is 11.8 Å². The van der Waals surface area contributed by atoms with E-state index in [2.05, 4.69) is 11.0 Å². The molecule has 30 heavy (non-hydrogen) atoms. The molecule has 0 unspecified atom stereocenters. The molecule has 0 aliphatic carbocycles. The smallest absolute Gasteiger partial charge is 0.310 e. The van der Waals surface area contributed by atoms with E-state index in [9.17, 15) is 9.59 Å².